The quantitative estimate of drug-likeness (QED) is 0.422. The fourth-order valence-corrected chi connectivity index (χ4v) is 1.18. The van der Waals surface area contributed by atoms with Gasteiger partial charge in [-0.2, -0.15) is 0 Å². The third kappa shape index (κ3) is 4.28. The molecule has 0 unspecified atom stereocenters. The lowest BCUT2D eigenvalue weighted by Gasteiger charge is -2.02. The lowest BCUT2D eigenvalue weighted by Crippen LogP contribution is -2.09. The molecule has 0 N–H and O–H groups in total. The van der Waals surface area contributed by atoms with E-state index in [1.807, 2.05) is 0 Å². The van der Waals surface area contributed by atoms with Gasteiger partial charge in [-0.25, -0.2) is 0 Å². The van der Waals surface area contributed by atoms with E-state index < -0.39 is 0 Å². The first-order chi connectivity index (χ1) is 7.24. The van der Waals surface area contributed by atoms with Crippen molar-refractivity contribution in [1.29, 1.82) is 0 Å². The van der Waals surface area contributed by atoms with Gasteiger partial charge in [0.15, 0.2) is 5.78 Å². The average molecular weight is 225 g/mol. The van der Waals surface area contributed by atoms with Gasteiger partial charge in [0, 0.05) is 10.6 Å². The Bertz CT molecular complexity index is 330. The number of hydrogen-bond acceptors (Lipinski definition) is 2. The molecule has 0 saturated heterocycles. The number of hydrogen-bond donors (Lipinski definition) is 0. The minimum atomic E-state index is -0.0317. The van der Waals surface area contributed by atoms with Crippen LogP contribution in [0.2, 0.25) is 5.02 Å². The molecule has 0 fully saturated rings. The molecule has 0 radical (unpaired) electrons. The Morgan fingerprint density at radius 2 is 2.07 bits per heavy atom. The van der Waals surface area contributed by atoms with Gasteiger partial charge in [0.1, 0.15) is 6.61 Å². The van der Waals surface area contributed by atoms with E-state index in [4.69, 9.17) is 16.3 Å². The molecule has 2 nitrogen and oxygen atoms in total. The highest BCUT2D eigenvalue weighted by molar-refractivity contribution is 6.30. The van der Waals surface area contributed by atoms with E-state index in [1.165, 1.54) is 0 Å². The van der Waals surface area contributed by atoms with Crippen molar-refractivity contribution in [2.75, 3.05) is 13.2 Å². The zero-order valence-electron chi connectivity index (χ0n) is 8.41. The Morgan fingerprint density at radius 1 is 1.40 bits per heavy atom. The topological polar surface area (TPSA) is 26.3 Å². The highest BCUT2D eigenvalue weighted by Crippen LogP contribution is 2.10. The van der Waals surface area contributed by atoms with Crippen molar-refractivity contribution in [1.82, 2.24) is 0 Å². The predicted octanol–water partition coefficient (Wildman–Crippen LogP) is 3.12. The van der Waals surface area contributed by atoms with Crippen LogP contribution in [-0.4, -0.2) is 19.0 Å². The molecular formula is C12H13ClO2. The molecule has 0 aromatic heterocycles. The number of ether oxygens (including phenoxy) is 1. The monoisotopic (exact) mass is 224 g/mol. The van der Waals surface area contributed by atoms with E-state index in [9.17, 15) is 4.79 Å². The van der Waals surface area contributed by atoms with Crippen molar-refractivity contribution in [3.05, 3.63) is 47.5 Å². The van der Waals surface area contributed by atoms with Crippen molar-refractivity contribution in [3.63, 3.8) is 0 Å². The second kappa shape index (κ2) is 6.38. The lowest BCUT2D eigenvalue weighted by atomic mass is 10.1. The van der Waals surface area contributed by atoms with Crippen LogP contribution in [0, 0.1) is 0 Å². The summed E-state index contributed by atoms with van der Waals surface area (Å²) in [4.78, 5) is 11.5. The molecule has 0 amide bonds. The Morgan fingerprint density at radius 3 is 2.67 bits per heavy atom. The number of halogens is 1. The van der Waals surface area contributed by atoms with Crippen LogP contribution in [0.1, 0.15) is 16.8 Å². The van der Waals surface area contributed by atoms with Gasteiger partial charge >= 0.3 is 0 Å². The molecule has 1 aromatic rings. The number of carbonyl (C=O) groups is 1. The standard InChI is InChI=1S/C12H13ClO2/c1-2-3-8-15-9-12(14)10-4-6-11(13)7-5-10/h2,4-7H,1,3,8-9H2. The first-order valence-corrected chi connectivity index (χ1v) is 5.09. The van der Waals surface area contributed by atoms with Crippen LogP contribution in [0.3, 0.4) is 0 Å². The number of rotatable bonds is 6. The van der Waals surface area contributed by atoms with Crippen molar-refractivity contribution < 1.29 is 9.53 Å². The predicted molar refractivity (Wildman–Crippen MR) is 61.4 cm³/mol. The van der Waals surface area contributed by atoms with Gasteiger partial charge in [-0.05, 0) is 30.7 Å². The van der Waals surface area contributed by atoms with Crippen molar-refractivity contribution in [3.8, 4) is 0 Å². The van der Waals surface area contributed by atoms with Gasteiger partial charge in [-0.15, -0.1) is 6.58 Å². The van der Waals surface area contributed by atoms with Gasteiger partial charge in [-0.1, -0.05) is 17.7 Å². The van der Waals surface area contributed by atoms with Crippen LogP contribution in [0.4, 0.5) is 0 Å². The first-order valence-electron chi connectivity index (χ1n) is 4.71. The molecule has 0 aliphatic rings. The smallest absolute Gasteiger partial charge is 0.188 e. The summed E-state index contributed by atoms with van der Waals surface area (Å²) in [5, 5.41) is 0.624. The third-order valence-electron chi connectivity index (χ3n) is 1.87. The van der Waals surface area contributed by atoms with Crippen LogP contribution < -0.4 is 0 Å². The van der Waals surface area contributed by atoms with E-state index in [0.717, 1.165) is 6.42 Å². The van der Waals surface area contributed by atoms with E-state index in [2.05, 4.69) is 6.58 Å². The molecule has 0 aliphatic heterocycles. The minimum Gasteiger partial charge on any atom is -0.373 e. The van der Waals surface area contributed by atoms with Crippen molar-refractivity contribution in [2.45, 2.75) is 6.42 Å². The Labute approximate surface area is 94.5 Å². The van der Waals surface area contributed by atoms with Gasteiger partial charge in [0.25, 0.3) is 0 Å². The second-order valence-electron chi connectivity index (χ2n) is 3.06. The average Bonchev–Trinajstić information content (AvgIpc) is 2.25. The van der Waals surface area contributed by atoms with Crippen LogP contribution >= 0.6 is 11.6 Å². The summed E-state index contributed by atoms with van der Waals surface area (Å²) in [5.41, 5.74) is 0.623. The fraction of sp³-hybridized carbons (Fsp3) is 0.250. The SMILES string of the molecule is C=CCCOCC(=O)c1ccc(Cl)cc1. The molecule has 0 atom stereocenters. The molecule has 1 rings (SSSR count). The second-order valence-corrected chi connectivity index (χ2v) is 3.50. The minimum absolute atomic E-state index is 0.0317. The zero-order chi connectivity index (χ0) is 11.1. The summed E-state index contributed by atoms with van der Waals surface area (Å²) in [5.74, 6) is -0.0317. The highest BCUT2D eigenvalue weighted by Gasteiger charge is 2.04. The maximum absolute atomic E-state index is 11.5. The summed E-state index contributed by atoms with van der Waals surface area (Å²) < 4.78 is 5.17. The molecular weight excluding hydrogens is 212 g/mol. The summed E-state index contributed by atoms with van der Waals surface area (Å²) >= 11 is 5.71. The molecule has 1 aromatic carbocycles. The van der Waals surface area contributed by atoms with E-state index in [-0.39, 0.29) is 12.4 Å². The highest BCUT2D eigenvalue weighted by atomic mass is 35.5. The summed E-state index contributed by atoms with van der Waals surface area (Å²) in [6.07, 6.45) is 2.51. The molecule has 0 saturated carbocycles. The molecule has 80 valence electrons. The Hall–Kier alpha value is -1.12. The van der Waals surface area contributed by atoms with E-state index in [0.29, 0.717) is 17.2 Å². The molecule has 3 heteroatoms. The van der Waals surface area contributed by atoms with Gasteiger partial charge < -0.3 is 4.74 Å². The van der Waals surface area contributed by atoms with Crippen molar-refractivity contribution in [2.24, 2.45) is 0 Å². The van der Waals surface area contributed by atoms with Gasteiger partial charge in [0.2, 0.25) is 0 Å². The van der Waals surface area contributed by atoms with Crippen LogP contribution in [-0.2, 0) is 4.74 Å². The number of carbonyl (C=O) groups excluding carboxylic acids is 1. The number of ketones is 1. The summed E-state index contributed by atoms with van der Waals surface area (Å²) in [6, 6.07) is 6.78. The Balaban J connectivity index is 2.40. The normalized spacial score (nSPS) is 9.93. The molecule has 15 heavy (non-hydrogen) atoms. The van der Waals surface area contributed by atoms with Crippen molar-refractivity contribution >= 4 is 17.4 Å². The number of Topliss-reactive ketones (excluding diaryl/α,β-unsaturated/α-hetero) is 1. The molecule has 0 spiro atoms. The lowest BCUT2D eigenvalue weighted by molar-refractivity contribution is 0.0768. The first kappa shape index (κ1) is 12.0. The largest absolute Gasteiger partial charge is 0.373 e. The molecule has 0 aliphatic carbocycles. The van der Waals surface area contributed by atoms with Crippen LogP contribution in [0.15, 0.2) is 36.9 Å². The van der Waals surface area contributed by atoms with E-state index >= 15 is 0 Å². The van der Waals surface area contributed by atoms with Crippen LogP contribution in [0.25, 0.3) is 0 Å². The summed E-state index contributed by atoms with van der Waals surface area (Å²) in [6.45, 7) is 4.20. The van der Waals surface area contributed by atoms with Gasteiger partial charge in [0.05, 0.1) is 6.61 Å². The van der Waals surface area contributed by atoms with Crippen LogP contribution in [0.5, 0.6) is 0 Å². The van der Waals surface area contributed by atoms with E-state index in [1.54, 1.807) is 30.3 Å². The third-order valence-corrected chi connectivity index (χ3v) is 2.12. The zero-order valence-corrected chi connectivity index (χ0v) is 9.17. The fourth-order valence-electron chi connectivity index (χ4n) is 1.05. The maximum Gasteiger partial charge on any atom is 0.188 e. The number of benzene rings is 1. The molecule has 0 heterocycles. The van der Waals surface area contributed by atoms with Gasteiger partial charge in [-0.3, -0.25) is 4.79 Å². The molecule has 0 bridgehead atoms. The Kier molecular flexibility index (Phi) is 5.08. The summed E-state index contributed by atoms with van der Waals surface area (Å²) in [7, 11) is 0. The maximum atomic E-state index is 11.5.